The van der Waals surface area contributed by atoms with Gasteiger partial charge in [0.2, 0.25) is 5.91 Å². The SMILES string of the molecule is N[C@@H](CCc1ccccc1)C(=O)NCC1CCCCS1. The van der Waals surface area contributed by atoms with Crippen molar-refractivity contribution in [3.63, 3.8) is 0 Å². The van der Waals surface area contributed by atoms with E-state index in [9.17, 15) is 4.79 Å². The summed E-state index contributed by atoms with van der Waals surface area (Å²) in [5, 5.41) is 3.58. The summed E-state index contributed by atoms with van der Waals surface area (Å²) in [5.74, 6) is 1.22. The quantitative estimate of drug-likeness (QED) is 0.846. The molecule has 0 aliphatic carbocycles. The van der Waals surface area contributed by atoms with Gasteiger partial charge >= 0.3 is 0 Å². The molecule has 0 saturated carbocycles. The zero-order chi connectivity index (χ0) is 14.2. The Morgan fingerprint density at radius 2 is 2.15 bits per heavy atom. The van der Waals surface area contributed by atoms with E-state index in [0.717, 1.165) is 13.0 Å². The Bertz CT molecular complexity index is 404. The number of benzene rings is 1. The molecule has 2 atom stereocenters. The molecular weight excluding hydrogens is 268 g/mol. The van der Waals surface area contributed by atoms with Gasteiger partial charge in [0.1, 0.15) is 0 Å². The van der Waals surface area contributed by atoms with Crippen molar-refractivity contribution < 1.29 is 4.79 Å². The fraction of sp³-hybridized carbons (Fsp3) is 0.562. The van der Waals surface area contributed by atoms with Gasteiger partial charge in [-0.2, -0.15) is 11.8 Å². The third-order valence-corrected chi connectivity index (χ3v) is 5.10. The van der Waals surface area contributed by atoms with Crippen LogP contribution in [0.25, 0.3) is 0 Å². The maximum Gasteiger partial charge on any atom is 0.236 e. The molecule has 1 aromatic rings. The van der Waals surface area contributed by atoms with Crippen LogP contribution >= 0.6 is 11.8 Å². The summed E-state index contributed by atoms with van der Waals surface area (Å²) >= 11 is 1.97. The molecule has 0 bridgehead atoms. The Morgan fingerprint density at radius 1 is 1.35 bits per heavy atom. The van der Waals surface area contributed by atoms with Gasteiger partial charge in [-0.1, -0.05) is 36.8 Å². The Labute approximate surface area is 125 Å². The van der Waals surface area contributed by atoms with Gasteiger partial charge in [-0.3, -0.25) is 4.79 Å². The molecule has 1 unspecified atom stereocenters. The van der Waals surface area contributed by atoms with Crippen LogP contribution in [0.1, 0.15) is 31.2 Å². The first-order chi connectivity index (χ1) is 9.75. The molecule has 0 aromatic heterocycles. The lowest BCUT2D eigenvalue weighted by atomic mass is 10.1. The van der Waals surface area contributed by atoms with Crippen molar-refractivity contribution in [1.82, 2.24) is 5.32 Å². The lowest BCUT2D eigenvalue weighted by Gasteiger charge is -2.22. The number of aryl methyl sites for hydroxylation is 1. The summed E-state index contributed by atoms with van der Waals surface area (Å²) in [7, 11) is 0. The second kappa shape index (κ2) is 8.32. The minimum absolute atomic E-state index is 0.00731. The molecule has 3 N–H and O–H groups in total. The predicted octanol–water partition coefficient (Wildman–Crippen LogP) is 2.35. The van der Waals surface area contributed by atoms with E-state index in [1.54, 1.807) is 0 Å². The maximum absolute atomic E-state index is 12.0. The number of hydrogen-bond acceptors (Lipinski definition) is 3. The number of nitrogens with one attached hydrogen (secondary N) is 1. The second-order valence-corrected chi connectivity index (χ2v) is 6.77. The summed E-state index contributed by atoms with van der Waals surface area (Å²) in [5.41, 5.74) is 7.20. The number of amides is 1. The van der Waals surface area contributed by atoms with E-state index in [2.05, 4.69) is 17.4 Å². The molecule has 3 nitrogen and oxygen atoms in total. The Balaban J connectivity index is 1.66. The van der Waals surface area contributed by atoms with Crippen LogP contribution in [0.15, 0.2) is 30.3 Å². The molecule has 1 amide bonds. The first-order valence-corrected chi connectivity index (χ1v) is 8.49. The van der Waals surface area contributed by atoms with E-state index in [0.29, 0.717) is 11.7 Å². The van der Waals surface area contributed by atoms with E-state index >= 15 is 0 Å². The summed E-state index contributed by atoms with van der Waals surface area (Å²) in [4.78, 5) is 12.0. The average molecular weight is 292 g/mol. The van der Waals surface area contributed by atoms with Crippen LogP contribution in [-0.2, 0) is 11.2 Å². The van der Waals surface area contributed by atoms with Gasteiger partial charge in [0.05, 0.1) is 6.04 Å². The first kappa shape index (κ1) is 15.4. The topological polar surface area (TPSA) is 55.1 Å². The monoisotopic (exact) mass is 292 g/mol. The number of hydrogen-bond donors (Lipinski definition) is 2. The van der Waals surface area contributed by atoms with E-state index in [1.807, 2.05) is 30.0 Å². The Morgan fingerprint density at radius 3 is 2.85 bits per heavy atom. The largest absolute Gasteiger partial charge is 0.354 e. The predicted molar refractivity (Wildman–Crippen MR) is 85.8 cm³/mol. The molecule has 2 rings (SSSR count). The molecule has 4 heteroatoms. The van der Waals surface area contributed by atoms with Crippen LogP contribution in [0, 0.1) is 0 Å². The summed E-state index contributed by atoms with van der Waals surface area (Å²) in [6.07, 6.45) is 5.37. The van der Waals surface area contributed by atoms with Crippen LogP contribution in [0.3, 0.4) is 0 Å². The van der Waals surface area contributed by atoms with Crippen molar-refractivity contribution in [2.45, 2.75) is 43.4 Å². The highest BCUT2D eigenvalue weighted by Gasteiger charge is 2.17. The minimum atomic E-state index is -0.399. The number of nitrogens with two attached hydrogens (primary N) is 1. The summed E-state index contributed by atoms with van der Waals surface area (Å²) < 4.78 is 0. The molecule has 0 spiro atoms. The highest BCUT2D eigenvalue weighted by molar-refractivity contribution is 7.99. The van der Waals surface area contributed by atoms with Gasteiger partial charge in [0.15, 0.2) is 0 Å². The third kappa shape index (κ3) is 5.17. The van der Waals surface area contributed by atoms with Gasteiger partial charge in [-0.25, -0.2) is 0 Å². The molecule has 20 heavy (non-hydrogen) atoms. The summed E-state index contributed by atoms with van der Waals surface area (Å²) in [6, 6.07) is 9.77. The number of carbonyl (C=O) groups excluding carboxylic acids is 1. The van der Waals surface area contributed by atoms with Crippen molar-refractivity contribution in [1.29, 1.82) is 0 Å². The zero-order valence-corrected chi connectivity index (χ0v) is 12.7. The van der Waals surface area contributed by atoms with Crippen LogP contribution in [0.2, 0.25) is 0 Å². The van der Waals surface area contributed by atoms with E-state index in [4.69, 9.17) is 5.73 Å². The highest BCUT2D eigenvalue weighted by Crippen LogP contribution is 2.24. The average Bonchev–Trinajstić information content (AvgIpc) is 2.52. The standard InChI is InChI=1S/C16H24N2OS/c17-15(10-9-13-6-2-1-3-7-13)16(19)18-12-14-8-4-5-11-20-14/h1-3,6-7,14-15H,4-5,8-12,17H2,(H,18,19)/t14?,15-/m0/s1. The van der Waals surface area contributed by atoms with Crippen LogP contribution in [0.5, 0.6) is 0 Å². The summed E-state index contributed by atoms with van der Waals surface area (Å²) in [6.45, 7) is 0.766. The molecule has 1 aliphatic heterocycles. The number of carbonyl (C=O) groups is 1. The molecule has 0 radical (unpaired) electrons. The lowest BCUT2D eigenvalue weighted by molar-refractivity contribution is -0.122. The van der Waals surface area contributed by atoms with Gasteiger partial charge in [0, 0.05) is 11.8 Å². The van der Waals surface area contributed by atoms with Crippen LogP contribution in [0.4, 0.5) is 0 Å². The van der Waals surface area contributed by atoms with Gasteiger partial charge in [0.25, 0.3) is 0 Å². The van der Waals surface area contributed by atoms with E-state index in [1.165, 1.54) is 30.6 Å². The molecule has 1 aromatic carbocycles. The second-order valence-electron chi connectivity index (χ2n) is 5.36. The van der Waals surface area contributed by atoms with Crippen molar-refractivity contribution in [3.8, 4) is 0 Å². The van der Waals surface area contributed by atoms with Crippen molar-refractivity contribution in [2.75, 3.05) is 12.3 Å². The first-order valence-electron chi connectivity index (χ1n) is 7.44. The normalized spacial score (nSPS) is 20.4. The fourth-order valence-electron chi connectivity index (χ4n) is 2.41. The van der Waals surface area contributed by atoms with E-state index < -0.39 is 6.04 Å². The lowest BCUT2D eigenvalue weighted by Crippen LogP contribution is -2.43. The molecule has 110 valence electrons. The van der Waals surface area contributed by atoms with Crippen molar-refractivity contribution in [2.24, 2.45) is 5.73 Å². The molecule has 1 fully saturated rings. The van der Waals surface area contributed by atoms with Gasteiger partial charge in [-0.05, 0) is 37.0 Å². The van der Waals surface area contributed by atoms with Crippen molar-refractivity contribution >= 4 is 17.7 Å². The highest BCUT2D eigenvalue weighted by atomic mass is 32.2. The third-order valence-electron chi connectivity index (χ3n) is 3.70. The van der Waals surface area contributed by atoms with Gasteiger partial charge in [-0.15, -0.1) is 0 Å². The smallest absolute Gasteiger partial charge is 0.236 e. The van der Waals surface area contributed by atoms with Crippen molar-refractivity contribution in [3.05, 3.63) is 35.9 Å². The molecule has 1 saturated heterocycles. The van der Waals surface area contributed by atoms with Gasteiger partial charge < -0.3 is 11.1 Å². The minimum Gasteiger partial charge on any atom is -0.354 e. The zero-order valence-electron chi connectivity index (χ0n) is 11.9. The Hall–Kier alpha value is -1.00. The molecule has 1 aliphatic rings. The Kier molecular flexibility index (Phi) is 6.40. The fourth-order valence-corrected chi connectivity index (χ4v) is 3.65. The van der Waals surface area contributed by atoms with Crippen LogP contribution < -0.4 is 11.1 Å². The number of thioether (sulfide) groups is 1. The van der Waals surface area contributed by atoms with E-state index in [-0.39, 0.29) is 5.91 Å². The number of rotatable bonds is 6. The molecular formula is C16H24N2OS. The molecule has 1 heterocycles. The maximum atomic E-state index is 12.0. The van der Waals surface area contributed by atoms with Crippen LogP contribution in [-0.4, -0.2) is 29.5 Å².